The van der Waals surface area contributed by atoms with Crippen LogP contribution in [0.2, 0.25) is 0 Å². The number of hydrogen-bond acceptors (Lipinski definition) is 3. The lowest BCUT2D eigenvalue weighted by atomic mass is 9.99. The number of aryl methyl sites for hydroxylation is 1. The Labute approximate surface area is 154 Å². The number of amides is 1. The summed E-state index contributed by atoms with van der Waals surface area (Å²) in [7, 11) is 0. The van der Waals surface area contributed by atoms with Crippen molar-refractivity contribution in [1.82, 2.24) is 20.4 Å². The molecule has 0 spiro atoms. The van der Waals surface area contributed by atoms with Crippen LogP contribution in [0.15, 0.2) is 73.1 Å². The number of carbonyl (C=O) groups excluding carboxylic acids is 1. The Morgan fingerprint density at radius 1 is 1.04 bits per heavy atom. The molecule has 5 nitrogen and oxygen atoms in total. The first-order valence-corrected chi connectivity index (χ1v) is 8.81. The lowest BCUT2D eigenvalue weighted by Crippen LogP contribution is -2.37. The molecule has 0 unspecified atom stereocenters. The number of benzene rings is 2. The largest absolute Gasteiger partial charge is 0.344 e. The minimum atomic E-state index is -0.152. The van der Waals surface area contributed by atoms with Gasteiger partial charge in [0.2, 0.25) is 5.91 Å². The summed E-state index contributed by atoms with van der Waals surface area (Å²) in [5, 5.41) is 10.5. The third kappa shape index (κ3) is 5.04. The van der Waals surface area contributed by atoms with Gasteiger partial charge in [-0.2, -0.15) is 5.10 Å². The first kappa shape index (κ1) is 17.9. The van der Waals surface area contributed by atoms with E-state index in [2.05, 4.69) is 15.7 Å². The quantitative estimate of drug-likeness (QED) is 0.616. The molecule has 0 bridgehead atoms. The zero-order valence-electron chi connectivity index (χ0n) is 14.9. The highest BCUT2D eigenvalue weighted by Crippen LogP contribution is 2.21. The van der Waals surface area contributed by atoms with Crippen LogP contribution in [0.1, 0.15) is 22.7 Å². The molecule has 0 fully saturated rings. The molecule has 0 saturated heterocycles. The zero-order chi connectivity index (χ0) is 18.2. The second-order valence-electron chi connectivity index (χ2n) is 6.28. The fourth-order valence-electron chi connectivity index (χ4n) is 2.85. The van der Waals surface area contributed by atoms with Crippen molar-refractivity contribution in [2.24, 2.45) is 0 Å². The molecule has 1 heterocycles. The first-order valence-electron chi connectivity index (χ1n) is 8.81. The van der Waals surface area contributed by atoms with Crippen LogP contribution in [-0.2, 0) is 11.3 Å². The summed E-state index contributed by atoms with van der Waals surface area (Å²) < 4.78 is 1.87. The number of rotatable bonds is 8. The molecule has 1 amide bonds. The fourth-order valence-corrected chi connectivity index (χ4v) is 2.85. The SMILES string of the molecule is Cc1cnn(CCNCC(=O)NC(c2ccccc2)c2ccccc2)c1. The van der Waals surface area contributed by atoms with Crippen LogP contribution in [-0.4, -0.2) is 28.8 Å². The molecule has 3 aromatic rings. The Balaban J connectivity index is 1.55. The highest BCUT2D eigenvalue weighted by atomic mass is 16.1. The molecule has 0 aliphatic carbocycles. The van der Waals surface area contributed by atoms with Crippen molar-refractivity contribution < 1.29 is 4.79 Å². The minimum Gasteiger partial charge on any atom is -0.344 e. The van der Waals surface area contributed by atoms with Gasteiger partial charge in [0.25, 0.3) is 0 Å². The second-order valence-corrected chi connectivity index (χ2v) is 6.28. The van der Waals surface area contributed by atoms with Crippen molar-refractivity contribution in [1.29, 1.82) is 0 Å². The molecule has 1 aromatic heterocycles. The molecule has 0 atom stereocenters. The van der Waals surface area contributed by atoms with Crippen LogP contribution in [0.4, 0.5) is 0 Å². The van der Waals surface area contributed by atoms with E-state index in [4.69, 9.17) is 0 Å². The molecule has 0 aliphatic rings. The Hall–Kier alpha value is -2.92. The van der Waals surface area contributed by atoms with E-state index in [0.29, 0.717) is 6.54 Å². The monoisotopic (exact) mass is 348 g/mol. The van der Waals surface area contributed by atoms with Gasteiger partial charge >= 0.3 is 0 Å². The van der Waals surface area contributed by atoms with Crippen LogP contribution in [0.3, 0.4) is 0 Å². The molecule has 26 heavy (non-hydrogen) atoms. The van der Waals surface area contributed by atoms with Crippen LogP contribution < -0.4 is 10.6 Å². The molecule has 2 aromatic carbocycles. The van der Waals surface area contributed by atoms with Gasteiger partial charge in [0, 0.05) is 12.7 Å². The third-order valence-corrected chi connectivity index (χ3v) is 4.14. The van der Waals surface area contributed by atoms with E-state index in [0.717, 1.165) is 23.2 Å². The number of nitrogens with one attached hydrogen (secondary N) is 2. The third-order valence-electron chi connectivity index (χ3n) is 4.14. The van der Waals surface area contributed by atoms with Crippen LogP contribution in [0.25, 0.3) is 0 Å². The topological polar surface area (TPSA) is 59.0 Å². The predicted octanol–water partition coefficient (Wildman–Crippen LogP) is 2.69. The van der Waals surface area contributed by atoms with Gasteiger partial charge in [0.05, 0.1) is 25.3 Å². The van der Waals surface area contributed by atoms with Crippen molar-refractivity contribution in [3.8, 4) is 0 Å². The summed E-state index contributed by atoms with van der Waals surface area (Å²) in [6.07, 6.45) is 3.82. The van der Waals surface area contributed by atoms with Crippen molar-refractivity contribution in [2.45, 2.75) is 19.5 Å². The molecule has 0 saturated carbocycles. The van der Waals surface area contributed by atoms with Gasteiger partial charge < -0.3 is 10.6 Å². The average Bonchev–Trinajstić information content (AvgIpc) is 3.10. The van der Waals surface area contributed by atoms with Crippen LogP contribution >= 0.6 is 0 Å². The lowest BCUT2D eigenvalue weighted by molar-refractivity contribution is -0.120. The van der Waals surface area contributed by atoms with E-state index >= 15 is 0 Å². The van der Waals surface area contributed by atoms with E-state index in [1.165, 1.54) is 0 Å². The zero-order valence-corrected chi connectivity index (χ0v) is 14.9. The van der Waals surface area contributed by atoms with E-state index in [9.17, 15) is 4.79 Å². The second kappa shape index (κ2) is 8.97. The molecular formula is C21H24N4O. The smallest absolute Gasteiger partial charge is 0.234 e. The van der Waals surface area contributed by atoms with E-state index < -0.39 is 0 Å². The molecule has 0 radical (unpaired) electrons. The van der Waals surface area contributed by atoms with E-state index in [-0.39, 0.29) is 18.5 Å². The molecule has 134 valence electrons. The van der Waals surface area contributed by atoms with Gasteiger partial charge in [-0.15, -0.1) is 0 Å². The highest BCUT2D eigenvalue weighted by Gasteiger charge is 2.16. The normalized spacial score (nSPS) is 10.8. The molecule has 3 rings (SSSR count). The maximum Gasteiger partial charge on any atom is 0.234 e. The van der Waals surface area contributed by atoms with Crippen molar-refractivity contribution in [3.05, 3.63) is 89.7 Å². The first-order chi connectivity index (χ1) is 12.7. The summed E-state index contributed by atoms with van der Waals surface area (Å²) in [5.41, 5.74) is 3.27. The van der Waals surface area contributed by atoms with Gasteiger partial charge in [-0.3, -0.25) is 9.48 Å². The number of aromatic nitrogens is 2. The number of nitrogens with zero attached hydrogens (tertiary/aromatic N) is 2. The van der Waals surface area contributed by atoms with Gasteiger partial charge in [-0.1, -0.05) is 60.7 Å². The Bertz CT molecular complexity index is 775. The molecular weight excluding hydrogens is 324 g/mol. The summed E-state index contributed by atoms with van der Waals surface area (Å²) in [4.78, 5) is 12.4. The minimum absolute atomic E-state index is 0.0284. The molecule has 2 N–H and O–H groups in total. The van der Waals surface area contributed by atoms with E-state index in [1.807, 2.05) is 84.7 Å². The van der Waals surface area contributed by atoms with Crippen LogP contribution in [0.5, 0.6) is 0 Å². The van der Waals surface area contributed by atoms with Gasteiger partial charge in [0.1, 0.15) is 0 Å². The van der Waals surface area contributed by atoms with Crippen molar-refractivity contribution >= 4 is 5.91 Å². The van der Waals surface area contributed by atoms with Gasteiger partial charge in [0.15, 0.2) is 0 Å². The predicted molar refractivity (Wildman–Crippen MR) is 103 cm³/mol. The van der Waals surface area contributed by atoms with Crippen molar-refractivity contribution in [2.75, 3.05) is 13.1 Å². The molecule has 5 heteroatoms. The lowest BCUT2D eigenvalue weighted by Gasteiger charge is -2.20. The summed E-state index contributed by atoms with van der Waals surface area (Å²) in [6.45, 7) is 3.71. The highest BCUT2D eigenvalue weighted by molar-refractivity contribution is 5.79. The van der Waals surface area contributed by atoms with E-state index in [1.54, 1.807) is 0 Å². The summed E-state index contributed by atoms with van der Waals surface area (Å²) in [6, 6.07) is 19.9. The van der Waals surface area contributed by atoms with Gasteiger partial charge in [-0.05, 0) is 23.6 Å². The summed E-state index contributed by atoms with van der Waals surface area (Å²) in [5.74, 6) is -0.0284. The standard InChI is InChI=1S/C21H24N4O/c1-17-14-23-25(16-17)13-12-22-15-20(26)24-21(18-8-4-2-5-9-18)19-10-6-3-7-11-19/h2-11,14,16,21-22H,12-13,15H2,1H3,(H,24,26). The Morgan fingerprint density at radius 2 is 1.65 bits per heavy atom. The van der Waals surface area contributed by atoms with Gasteiger partial charge in [-0.25, -0.2) is 0 Å². The Kier molecular flexibility index (Phi) is 6.17. The fraction of sp³-hybridized carbons (Fsp3) is 0.238. The molecule has 0 aliphatic heterocycles. The Morgan fingerprint density at radius 3 is 2.19 bits per heavy atom. The van der Waals surface area contributed by atoms with Crippen molar-refractivity contribution in [3.63, 3.8) is 0 Å². The maximum absolute atomic E-state index is 12.4. The van der Waals surface area contributed by atoms with Crippen LogP contribution in [0, 0.1) is 6.92 Å². The maximum atomic E-state index is 12.4. The number of carbonyl (C=O) groups is 1. The number of hydrogen-bond donors (Lipinski definition) is 2. The summed E-state index contributed by atoms with van der Waals surface area (Å²) >= 11 is 0. The average molecular weight is 348 g/mol.